The number of hydrogen-bond acceptors (Lipinski definition) is 5. The molecule has 0 aromatic rings. The number of carbonyl (C=O) groups excluding carboxylic acids is 1. The standard InChI is InChI=1S/C28H47N3O.C10H17NO.C3H8/c1-18(2)26-24-16-23(24)17-31(26)20(4)27(28(6,7)8)30-21(5)29-25(22-13-11-14-22)15-10-12-19(3)32-9;1-7(8(2)10(11)12)6-9-4-3-5-9;1-3-2/h22-27,29-30H,1,3-5,10-17H2,2,6-9H3;7,9H,2-6H2,1H3,(H2,11,12);3H2,1-2H3/t23-,24-,25?,26?,27?;;/m0../s1. The largest absolute Gasteiger partial charge is 0.502 e. The molecule has 47 heavy (non-hydrogen) atoms. The van der Waals surface area contributed by atoms with E-state index in [0.717, 1.165) is 67.5 Å². The molecule has 0 aromatic heterocycles. The van der Waals surface area contributed by atoms with Crippen molar-refractivity contribution in [1.82, 2.24) is 15.5 Å². The van der Waals surface area contributed by atoms with Gasteiger partial charge in [-0.25, -0.2) is 0 Å². The van der Waals surface area contributed by atoms with E-state index in [1.54, 1.807) is 7.11 Å². The highest BCUT2D eigenvalue weighted by Gasteiger charge is 2.54. The second kappa shape index (κ2) is 18.8. The van der Waals surface area contributed by atoms with E-state index >= 15 is 0 Å². The summed E-state index contributed by atoms with van der Waals surface area (Å²) in [6.45, 7) is 37.4. The van der Waals surface area contributed by atoms with Crippen molar-refractivity contribution in [3.63, 3.8) is 0 Å². The molecule has 1 heterocycles. The van der Waals surface area contributed by atoms with Crippen LogP contribution in [0.2, 0.25) is 0 Å². The van der Waals surface area contributed by atoms with Gasteiger partial charge in [-0.15, -0.1) is 0 Å². The maximum Gasteiger partial charge on any atom is 0.244 e. The number of nitrogens with two attached hydrogens (primary N) is 1. The molecule has 0 radical (unpaired) electrons. The Morgan fingerprint density at radius 2 is 1.62 bits per heavy atom. The smallest absolute Gasteiger partial charge is 0.244 e. The highest BCUT2D eigenvalue weighted by molar-refractivity contribution is 5.91. The van der Waals surface area contributed by atoms with Gasteiger partial charge in [0, 0.05) is 30.3 Å². The lowest BCUT2D eigenvalue weighted by Crippen LogP contribution is -2.51. The van der Waals surface area contributed by atoms with Gasteiger partial charge in [-0.05, 0) is 80.5 Å². The second-order valence-electron chi connectivity index (χ2n) is 16.1. The Morgan fingerprint density at radius 1 is 1.02 bits per heavy atom. The number of carbonyl (C=O) groups is 1. The van der Waals surface area contributed by atoms with Crippen LogP contribution in [0.25, 0.3) is 0 Å². The van der Waals surface area contributed by atoms with Gasteiger partial charge in [0.25, 0.3) is 0 Å². The summed E-state index contributed by atoms with van der Waals surface area (Å²) in [6, 6.07) is 1.01. The van der Waals surface area contributed by atoms with E-state index in [1.165, 1.54) is 62.6 Å². The fourth-order valence-corrected chi connectivity index (χ4v) is 7.30. The molecular formula is C41H72N4O2. The van der Waals surface area contributed by atoms with E-state index in [0.29, 0.717) is 17.7 Å². The summed E-state index contributed by atoms with van der Waals surface area (Å²) in [7, 11) is 1.71. The summed E-state index contributed by atoms with van der Waals surface area (Å²) in [6.07, 6.45) is 14.7. The van der Waals surface area contributed by atoms with Crippen molar-refractivity contribution in [3.05, 3.63) is 61.3 Å². The van der Waals surface area contributed by atoms with Crippen LogP contribution in [0.4, 0.5) is 0 Å². The Labute approximate surface area is 289 Å². The summed E-state index contributed by atoms with van der Waals surface area (Å²) in [5.74, 6) is 4.86. The van der Waals surface area contributed by atoms with Crippen LogP contribution >= 0.6 is 0 Å². The Balaban J connectivity index is 0.000000425. The zero-order valence-corrected chi connectivity index (χ0v) is 31.7. The fraction of sp³-hybridized carbons (Fsp3) is 0.732. The molecule has 3 aliphatic carbocycles. The minimum Gasteiger partial charge on any atom is -0.502 e. The number of ether oxygens (including phenoxy) is 1. The van der Waals surface area contributed by atoms with E-state index in [1.807, 2.05) is 6.92 Å². The zero-order valence-electron chi connectivity index (χ0n) is 31.7. The third kappa shape index (κ3) is 12.4. The molecule has 4 fully saturated rings. The summed E-state index contributed by atoms with van der Waals surface area (Å²) in [5, 5.41) is 7.50. The lowest BCUT2D eigenvalue weighted by atomic mass is 9.78. The number of methoxy groups -OCH3 is 1. The Morgan fingerprint density at radius 3 is 2.06 bits per heavy atom. The van der Waals surface area contributed by atoms with E-state index in [9.17, 15) is 4.79 Å². The number of primary amides is 1. The number of nitrogens with zero attached hydrogens (tertiary/aromatic N) is 1. The number of fused-ring (bicyclic) bond motifs is 1. The molecule has 6 atom stereocenters. The molecule has 1 aliphatic heterocycles. The van der Waals surface area contributed by atoms with Crippen LogP contribution in [0.1, 0.15) is 126 Å². The quantitative estimate of drug-likeness (QED) is 0.0829. The van der Waals surface area contributed by atoms with Crippen LogP contribution in [0.15, 0.2) is 61.3 Å². The normalized spacial score (nSPS) is 23.4. The van der Waals surface area contributed by atoms with Crippen molar-refractivity contribution in [2.75, 3.05) is 13.7 Å². The van der Waals surface area contributed by atoms with Crippen molar-refractivity contribution in [3.8, 4) is 0 Å². The lowest BCUT2D eigenvalue weighted by Gasteiger charge is -2.42. The average molecular weight is 653 g/mol. The molecule has 1 amide bonds. The number of allylic oxidation sites excluding steroid dienone is 1. The molecule has 1 saturated heterocycles. The SMILES string of the molecule is C=C(C(N)=O)C(C)CC1CCC1.C=C(NC(CCCC(=C)OC)C1CCC1)NC(C(=C)N1C[C@@H]2C[C@@H]2C1C(=C)C)C(C)(C)C.CCC. The van der Waals surface area contributed by atoms with Crippen LogP contribution in [0.5, 0.6) is 0 Å². The van der Waals surface area contributed by atoms with Gasteiger partial charge in [-0.3, -0.25) is 4.79 Å². The zero-order chi connectivity index (χ0) is 35.5. The van der Waals surface area contributed by atoms with Crippen molar-refractivity contribution >= 4 is 5.91 Å². The second-order valence-corrected chi connectivity index (χ2v) is 16.1. The van der Waals surface area contributed by atoms with Crippen LogP contribution in [0.3, 0.4) is 0 Å². The Kier molecular flexibility index (Phi) is 16.2. The van der Waals surface area contributed by atoms with Gasteiger partial charge in [0.2, 0.25) is 5.91 Å². The van der Waals surface area contributed by atoms with E-state index < -0.39 is 0 Å². The van der Waals surface area contributed by atoms with Crippen molar-refractivity contribution in [1.29, 1.82) is 0 Å². The molecule has 3 saturated carbocycles. The summed E-state index contributed by atoms with van der Waals surface area (Å²) in [5.41, 5.74) is 8.19. The maximum atomic E-state index is 10.8. The number of amides is 1. The molecule has 0 aromatic carbocycles. The fourth-order valence-electron chi connectivity index (χ4n) is 7.30. The van der Waals surface area contributed by atoms with E-state index in [4.69, 9.17) is 10.5 Å². The minimum atomic E-state index is -0.346. The van der Waals surface area contributed by atoms with Gasteiger partial charge in [0.05, 0.1) is 30.8 Å². The number of rotatable bonds is 17. The topological polar surface area (TPSA) is 79.6 Å². The highest BCUT2D eigenvalue weighted by Crippen LogP contribution is 2.53. The first-order chi connectivity index (χ1) is 22.0. The van der Waals surface area contributed by atoms with Crippen LogP contribution < -0.4 is 16.4 Å². The number of piperidine rings is 1. The van der Waals surface area contributed by atoms with Crippen LogP contribution in [-0.4, -0.2) is 42.6 Å². The third-order valence-corrected chi connectivity index (χ3v) is 10.7. The first kappa shape index (κ1) is 40.5. The molecule has 6 nitrogen and oxygen atoms in total. The summed E-state index contributed by atoms with van der Waals surface area (Å²) in [4.78, 5) is 13.3. The molecule has 268 valence electrons. The molecular weight excluding hydrogens is 580 g/mol. The monoisotopic (exact) mass is 653 g/mol. The highest BCUT2D eigenvalue weighted by atomic mass is 16.5. The van der Waals surface area contributed by atoms with Gasteiger partial charge in [-0.1, -0.05) is 112 Å². The maximum absolute atomic E-state index is 10.8. The first-order valence-corrected chi connectivity index (χ1v) is 18.6. The third-order valence-electron chi connectivity index (χ3n) is 10.7. The van der Waals surface area contributed by atoms with Gasteiger partial charge in [0.1, 0.15) is 0 Å². The summed E-state index contributed by atoms with van der Waals surface area (Å²) >= 11 is 0. The van der Waals surface area contributed by atoms with Crippen LogP contribution in [-0.2, 0) is 9.53 Å². The first-order valence-electron chi connectivity index (χ1n) is 18.6. The Hall–Kier alpha value is -2.63. The van der Waals surface area contributed by atoms with Gasteiger partial charge < -0.3 is 26.0 Å². The number of nitrogens with one attached hydrogen (secondary N) is 2. The number of hydrogen-bond donors (Lipinski definition) is 3. The van der Waals surface area contributed by atoms with Gasteiger partial charge in [-0.2, -0.15) is 0 Å². The average Bonchev–Trinajstić information content (AvgIpc) is 3.59. The molecule has 0 spiro atoms. The number of likely N-dealkylation sites (tertiary alicyclic amines) is 1. The van der Waals surface area contributed by atoms with Crippen LogP contribution in [0, 0.1) is 35.0 Å². The Bertz CT molecular complexity index is 1080. The molecule has 6 heteroatoms. The predicted molar refractivity (Wildman–Crippen MR) is 201 cm³/mol. The van der Waals surface area contributed by atoms with E-state index in [-0.39, 0.29) is 23.3 Å². The van der Waals surface area contributed by atoms with Crippen molar-refractivity contribution < 1.29 is 9.53 Å². The molecule has 4 unspecified atom stereocenters. The lowest BCUT2D eigenvalue weighted by molar-refractivity contribution is -0.115. The summed E-state index contributed by atoms with van der Waals surface area (Å²) < 4.78 is 5.25. The van der Waals surface area contributed by atoms with E-state index in [2.05, 4.69) is 90.0 Å². The molecule has 4 aliphatic rings. The van der Waals surface area contributed by atoms with Gasteiger partial charge in [0.15, 0.2) is 0 Å². The molecule has 4 N–H and O–H groups in total. The van der Waals surface area contributed by atoms with Crippen molar-refractivity contribution in [2.24, 2.45) is 40.7 Å². The predicted octanol–water partition coefficient (Wildman–Crippen LogP) is 9.23. The molecule has 4 rings (SSSR count). The van der Waals surface area contributed by atoms with Gasteiger partial charge >= 0.3 is 0 Å². The molecule has 0 bridgehead atoms. The minimum absolute atomic E-state index is 0.0241. The van der Waals surface area contributed by atoms with Crippen molar-refractivity contribution in [2.45, 2.75) is 144 Å².